The fraction of sp³-hybridized carbons (Fsp3) is 0.600. The first-order valence-electron chi connectivity index (χ1n) is 17.9. The van der Waals surface area contributed by atoms with Crippen molar-refractivity contribution in [3.8, 4) is 0 Å². The van der Waals surface area contributed by atoms with Gasteiger partial charge in [-0.15, -0.1) is 32.9 Å². The highest BCUT2D eigenvalue weighted by molar-refractivity contribution is 4.87. The third kappa shape index (κ3) is 229. The molecule has 0 atom stereocenters. The lowest BCUT2D eigenvalue weighted by Gasteiger charge is -1.90. The summed E-state index contributed by atoms with van der Waals surface area (Å²) in [6, 6.07) is 0. The molecule has 0 aromatic carbocycles. The van der Waals surface area contributed by atoms with Crippen molar-refractivity contribution in [2.24, 2.45) is 0 Å². The molecule has 0 aliphatic heterocycles. The normalized spacial score (nSPS) is 8.56. The predicted molar refractivity (Wildman–Crippen MR) is 231 cm³/mol. The first-order chi connectivity index (χ1) is 22.8. The van der Waals surface area contributed by atoms with E-state index in [0.717, 1.165) is 37.9 Å². The van der Waals surface area contributed by atoms with E-state index in [-0.39, 0.29) is 0 Å². The van der Waals surface area contributed by atoms with Gasteiger partial charge in [-0.3, -0.25) is 0 Å². The quantitative estimate of drug-likeness (QED) is 0.161. The number of rotatable bonds is 15. The van der Waals surface area contributed by atoms with Crippen molar-refractivity contribution in [1.29, 1.82) is 0 Å². The van der Waals surface area contributed by atoms with Crippen LogP contribution in [0.3, 0.4) is 0 Å². The Kier molecular flexibility index (Phi) is 128. The smallest absolute Gasteiger partial charge is 0.0667 e. The average molecular weight is 679 g/mol. The zero-order valence-corrected chi connectivity index (χ0v) is 35.6. The Morgan fingerprint density at radius 1 is 0.500 bits per heavy atom. The van der Waals surface area contributed by atoms with Crippen LogP contribution in [0.5, 0.6) is 0 Å². The van der Waals surface area contributed by atoms with Crippen molar-refractivity contribution in [3.05, 3.63) is 111 Å². The lowest BCUT2D eigenvalue weighted by atomic mass is 10.2. The second kappa shape index (κ2) is 90.5. The Hall–Kier alpha value is -2.46. The molecule has 0 aliphatic carbocycles. The lowest BCUT2D eigenvalue weighted by molar-refractivity contribution is 0.226. The van der Waals surface area contributed by atoms with Gasteiger partial charge in [0.25, 0.3) is 0 Å². The third-order valence-corrected chi connectivity index (χ3v) is 4.40. The van der Waals surface area contributed by atoms with E-state index in [1.54, 1.807) is 27.4 Å². The van der Waals surface area contributed by atoms with Crippen LogP contribution >= 0.6 is 0 Å². The van der Waals surface area contributed by atoms with Crippen LogP contribution in [0.25, 0.3) is 0 Å². The van der Waals surface area contributed by atoms with E-state index in [9.17, 15) is 0 Å². The molecule has 3 nitrogen and oxygen atoms in total. The molecule has 0 amide bonds. The minimum absolute atomic E-state index is 0.653. The Balaban J connectivity index is -0.0000000511. The minimum atomic E-state index is 0.653. The van der Waals surface area contributed by atoms with Gasteiger partial charge in [-0.2, -0.15) is 0 Å². The average Bonchev–Trinajstić information content (AvgIpc) is 3.06. The van der Waals surface area contributed by atoms with Crippen LogP contribution in [0.2, 0.25) is 0 Å². The standard InChI is InChI=1S/2C6H12.2C5H10O.3C5H10.C4H8O.C4H8/c1-4-5-6(2)3;1-3-5-6-4-2;1-5(2)4-6-3;1-3-4-5-6-2;1-4-5(2)3;2*1-3-5-4-2;1-3-4-5-2;1-3-4-2/h2,4-5H2,1,3H3;3,5H,4,6H2,1-2H3;1,4H2,2-3H3;3-4H,5H2,1-2H3;2,4H2,1,3H3;3,5H,4H2,1-2H3;3H,1,4-5H2,2H3;3H,1,4H2,2H3;3H,1,4H2,2H3. The fourth-order valence-corrected chi connectivity index (χ4v) is 1.76. The van der Waals surface area contributed by atoms with Gasteiger partial charge in [0.2, 0.25) is 0 Å². The highest BCUT2D eigenvalue weighted by atomic mass is 16.5. The van der Waals surface area contributed by atoms with Crippen LogP contribution in [0.1, 0.15) is 141 Å². The minimum Gasteiger partial charge on any atom is -0.381 e. The maximum Gasteiger partial charge on any atom is 0.0667 e. The number of hydrogen-bond donors (Lipinski definition) is 0. The molecule has 3 heteroatoms. The fourth-order valence-electron chi connectivity index (χ4n) is 1.76. The Morgan fingerprint density at radius 3 is 0.979 bits per heavy atom. The molecule has 0 bridgehead atoms. The summed E-state index contributed by atoms with van der Waals surface area (Å²) in [7, 11) is 4.98. The van der Waals surface area contributed by atoms with Gasteiger partial charge < -0.3 is 14.2 Å². The second-order valence-corrected chi connectivity index (χ2v) is 10.3. The predicted octanol–water partition coefficient (Wildman–Crippen LogP) is 15.5. The maximum atomic E-state index is 4.70. The summed E-state index contributed by atoms with van der Waals surface area (Å²) in [6.45, 7) is 48.4. The summed E-state index contributed by atoms with van der Waals surface area (Å²) in [4.78, 5) is 0. The van der Waals surface area contributed by atoms with Gasteiger partial charge in [-0.25, -0.2) is 0 Å². The zero-order valence-electron chi connectivity index (χ0n) is 35.6. The monoisotopic (exact) mass is 679 g/mol. The Morgan fingerprint density at radius 2 is 0.938 bits per heavy atom. The van der Waals surface area contributed by atoms with Crippen molar-refractivity contribution >= 4 is 0 Å². The van der Waals surface area contributed by atoms with Gasteiger partial charge >= 0.3 is 0 Å². The van der Waals surface area contributed by atoms with Crippen LogP contribution in [-0.2, 0) is 14.2 Å². The molecule has 0 saturated carbocycles. The number of ether oxygens (including phenoxy) is 3. The number of unbranched alkanes of at least 4 members (excludes halogenated alkanes) is 2. The largest absolute Gasteiger partial charge is 0.381 e. The lowest BCUT2D eigenvalue weighted by Crippen LogP contribution is -1.85. The van der Waals surface area contributed by atoms with Gasteiger partial charge in [0.15, 0.2) is 0 Å². The topological polar surface area (TPSA) is 27.7 Å². The highest BCUT2D eigenvalue weighted by Crippen LogP contribution is 1.96. The molecule has 0 aliphatic rings. The summed E-state index contributed by atoms with van der Waals surface area (Å²) < 4.78 is 14.0. The Labute approximate surface area is 306 Å². The molecule has 0 aromatic heterocycles. The van der Waals surface area contributed by atoms with Crippen molar-refractivity contribution < 1.29 is 14.2 Å². The van der Waals surface area contributed by atoms with E-state index in [2.05, 4.69) is 124 Å². The molecule has 0 rings (SSSR count). The molecule has 0 radical (unpaired) electrons. The summed E-state index contributed by atoms with van der Waals surface area (Å²) in [6.07, 6.45) is 28.5. The van der Waals surface area contributed by atoms with E-state index >= 15 is 0 Å². The molecule has 48 heavy (non-hydrogen) atoms. The van der Waals surface area contributed by atoms with Gasteiger partial charge in [-0.1, -0.05) is 139 Å². The summed E-state index contributed by atoms with van der Waals surface area (Å²) >= 11 is 0. The first-order valence-corrected chi connectivity index (χ1v) is 17.9. The summed E-state index contributed by atoms with van der Waals surface area (Å²) in [5, 5.41) is 0. The molecule has 0 N–H and O–H groups in total. The van der Waals surface area contributed by atoms with Crippen LogP contribution in [-0.4, -0.2) is 41.2 Å². The zero-order chi connectivity index (χ0) is 39.7. The molecule has 288 valence electrons. The molecule has 0 unspecified atom stereocenters. The number of allylic oxidation sites excluding steroid dienone is 9. The van der Waals surface area contributed by atoms with Gasteiger partial charge in [-0.05, 0) is 80.1 Å². The van der Waals surface area contributed by atoms with E-state index in [1.807, 2.05) is 52.0 Å². The molecule has 0 saturated heterocycles. The molecular weight excluding hydrogens is 588 g/mol. The first kappa shape index (κ1) is 67.7. The van der Waals surface area contributed by atoms with E-state index < -0.39 is 0 Å². The van der Waals surface area contributed by atoms with E-state index in [0.29, 0.717) is 13.2 Å². The molecule has 0 aromatic rings. The van der Waals surface area contributed by atoms with Crippen molar-refractivity contribution in [2.75, 3.05) is 41.2 Å². The molecular formula is C45H90O3. The van der Waals surface area contributed by atoms with Crippen LogP contribution < -0.4 is 0 Å². The van der Waals surface area contributed by atoms with Crippen LogP contribution in [0, 0.1) is 0 Å². The van der Waals surface area contributed by atoms with Crippen LogP contribution in [0.15, 0.2) is 111 Å². The highest BCUT2D eigenvalue weighted by Gasteiger charge is 1.76. The van der Waals surface area contributed by atoms with Crippen molar-refractivity contribution in [1.82, 2.24) is 0 Å². The molecule has 0 fully saturated rings. The van der Waals surface area contributed by atoms with Crippen molar-refractivity contribution in [2.45, 2.75) is 141 Å². The Bertz CT molecular complexity index is 611. The summed E-state index contributed by atoms with van der Waals surface area (Å²) in [5.41, 5.74) is 3.61. The molecule has 0 spiro atoms. The second-order valence-electron chi connectivity index (χ2n) is 10.3. The van der Waals surface area contributed by atoms with Crippen LogP contribution in [0.4, 0.5) is 0 Å². The molecule has 0 heterocycles. The third-order valence-electron chi connectivity index (χ3n) is 4.40. The number of methoxy groups -OCH3 is 3. The summed E-state index contributed by atoms with van der Waals surface area (Å²) in [5.74, 6) is 0. The van der Waals surface area contributed by atoms with Gasteiger partial charge in [0.1, 0.15) is 0 Å². The van der Waals surface area contributed by atoms with Crippen molar-refractivity contribution in [3.63, 3.8) is 0 Å². The SMILES string of the molecule is C=C(C)CC.C=C(C)CCC.C=C(C)COC.C=CCC.C=CCCC.C=CCOC.CC=CCC.CC=CCCC.CC=CCOC. The number of hydrogen-bond acceptors (Lipinski definition) is 3. The van der Waals surface area contributed by atoms with E-state index in [4.69, 9.17) is 9.47 Å². The maximum absolute atomic E-state index is 4.70. The van der Waals surface area contributed by atoms with Gasteiger partial charge in [0, 0.05) is 21.3 Å². The van der Waals surface area contributed by atoms with Gasteiger partial charge in [0.05, 0.1) is 19.8 Å². The van der Waals surface area contributed by atoms with E-state index in [1.165, 1.54) is 43.3 Å².